The van der Waals surface area contributed by atoms with Crippen LogP contribution in [0.5, 0.6) is 0 Å². The average molecular weight is 259 g/mol. The van der Waals surface area contributed by atoms with Crippen molar-refractivity contribution in [2.45, 2.75) is 12.5 Å². The Hall–Kier alpha value is -1.33. The van der Waals surface area contributed by atoms with Crippen molar-refractivity contribution in [2.75, 3.05) is 18.4 Å². The van der Waals surface area contributed by atoms with Gasteiger partial charge in [-0.3, -0.25) is 0 Å². The fourth-order valence-electron chi connectivity index (χ4n) is 1.71. The maximum Gasteiger partial charge on any atom is 0.321 e. The number of benzene rings is 1. The quantitative estimate of drug-likeness (QED) is 0.810. The van der Waals surface area contributed by atoms with Crippen molar-refractivity contribution >= 4 is 23.3 Å². The monoisotopic (exact) mass is 258 g/mol. The van der Waals surface area contributed by atoms with Gasteiger partial charge in [-0.2, -0.15) is 0 Å². The van der Waals surface area contributed by atoms with Crippen molar-refractivity contribution < 1.29 is 14.3 Å². The van der Waals surface area contributed by atoms with Gasteiger partial charge in [-0.15, -0.1) is 0 Å². The van der Waals surface area contributed by atoms with E-state index in [4.69, 9.17) is 11.6 Å². The molecule has 1 atom stereocenters. The Morgan fingerprint density at radius 3 is 2.94 bits per heavy atom. The number of aliphatic hydroxyl groups is 1. The Kier molecular flexibility index (Phi) is 3.49. The van der Waals surface area contributed by atoms with Gasteiger partial charge in [-0.1, -0.05) is 11.6 Å². The summed E-state index contributed by atoms with van der Waals surface area (Å²) < 4.78 is 12.8. The lowest BCUT2D eigenvalue weighted by molar-refractivity contribution is 0.176. The van der Waals surface area contributed by atoms with Gasteiger partial charge in [-0.05, 0) is 24.6 Å². The third kappa shape index (κ3) is 2.87. The number of amides is 2. The molecular weight excluding hydrogens is 247 g/mol. The van der Waals surface area contributed by atoms with Crippen LogP contribution in [0.3, 0.4) is 0 Å². The first kappa shape index (κ1) is 12.1. The van der Waals surface area contributed by atoms with E-state index in [1.165, 1.54) is 17.0 Å². The molecule has 6 heteroatoms. The maximum absolute atomic E-state index is 12.8. The normalized spacial score (nSPS) is 19.5. The van der Waals surface area contributed by atoms with Gasteiger partial charge in [0.05, 0.1) is 16.8 Å². The van der Waals surface area contributed by atoms with Crippen LogP contribution in [0.2, 0.25) is 5.02 Å². The number of urea groups is 1. The smallest absolute Gasteiger partial charge is 0.321 e. The van der Waals surface area contributed by atoms with Crippen LogP contribution >= 0.6 is 11.6 Å². The second kappa shape index (κ2) is 4.89. The van der Waals surface area contributed by atoms with Crippen molar-refractivity contribution in [1.82, 2.24) is 4.90 Å². The maximum atomic E-state index is 12.8. The summed E-state index contributed by atoms with van der Waals surface area (Å²) in [5.41, 5.74) is 0.361. The summed E-state index contributed by atoms with van der Waals surface area (Å²) in [4.78, 5) is 13.2. The van der Waals surface area contributed by atoms with Crippen LogP contribution in [0.4, 0.5) is 14.9 Å². The van der Waals surface area contributed by atoms with Crippen LogP contribution in [-0.4, -0.2) is 35.2 Å². The fourth-order valence-corrected chi connectivity index (χ4v) is 1.93. The van der Waals surface area contributed by atoms with Gasteiger partial charge >= 0.3 is 6.03 Å². The minimum absolute atomic E-state index is 0.151. The van der Waals surface area contributed by atoms with E-state index in [9.17, 15) is 14.3 Å². The second-order valence-electron chi connectivity index (χ2n) is 3.94. The minimum atomic E-state index is -0.468. The Morgan fingerprint density at radius 2 is 2.35 bits per heavy atom. The number of β-amino-alcohol motifs (C(OH)–C–C–N with tert-alkyl or cyclic N) is 1. The van der Waals surface area contributed by atoms with Crippen LogP contribution < -0.4 is 5.32 Å². The molecule has 1 aromatic carbocycles. The van der Waals surface area contributed by atoms with Crippen molar-refractivity contribution in [3.05, 3.63) is 29.0 Å². The number of aliphatic hydroxyl groups excluding tert-OH is 1. The zero-order valence-corrected chi connectivity index (χ0v) is 9.75. The van der Waals surface area contributed by atoms with Gasteiger partial charge in [0.25, 0.3) is 0 Å². The first-order valence-electron chi connectivity index (χ1n) is 5.25. The standard InChI is InChI=1S/C11H12ClFN2O2/c12-9-5-7(13)1-2-10(9)14-11(17)15-4-3-8(16)6-15/h1-2,5,8,16H,3-4,6H2,(H,14,17). The molecule has 0 radical (unpaired) electrons. The largest absolute Gasteiger partial charge is 0.391 e. The number of nitrogens with one attached hydrogen (secondary N) is 1. The lowest BCUT2D eigenvalue weighted by Crippen LogP contribution is -2.33. The average Bonchev–Trinajstić information content (AvgIpc) is 2.69. The first-order chi connectivity index (χ1) is 8.06. The van der Waals surface area contributed by atoms with Crippen LogP contribution in [0.15, 0.2) is 18.2 Å². The van der Waals surface area contributed by atoms with E-state index in [1.807, 2.05) is 0 Å². The number of rotatable bonds is 1. The Balaban J connectivity index is 2.03. The predicted octanol–water partition coefficient (Wildman–Crippen LogP) is 2.08. The topological polar surface area (TPSA) is 52.6 Å². The first-order valence-corrected chi connectivity index (χ1v) is 5.63. The number of carbonyl (C=O) groups is 1. The number of halogens is 2. The van der Waals surface area contributed by atoms with E-state index in [-0.39, 0.29) is 11.1 Å². The van der Waals surface area contributed by atoms with Crippen molar-refractivity contribution in [2.24, 2.45) is 0 Å². The highest BCUT2D eigenvalue weighted by atomic mass is 35.5. The van der Waals surface area contributed by atoms with E-state index in [2.05, 4.69) is 5.32 Å². The van der Waals surface area contributed by atoms with Crippen molar-refractivity contribution in [1.29, 1.82) is 0 Å². The molecule has 0 aromatic heterocycles. The van der Waals surface area contributed by atoms with E-state index >= 15 is 0 Å². The molecule has 1 unspecified atom stereocenters. The van der Waals surface area contributed by atoms with E-state index in [0.29, 0.717) is 25.2 Å². The van der Waals surface area contributed by atoms with Gasteiger partial charge in [0.1, 0.15) is 5.82 Å². The Labute approximate surface area is 103 Å². The van der Waals surface area contributed by atoms with Crippen molar-refractivity contribution in [3.8, 4) is 0 Å². The number of hydrogen-bond acceptors (Lipinski definition) is 2. The lowest BCUT2D eigenvalue weighted by Gasteiger charge is -2.17. The summed E-state index contributed by atoms with van der Waals surface area (Å²) in [6, 6.07) is 3.42. The van der Waals surface area contributed by atoms with Gasteiger partial charge in [0.2, 0.25) is 0 Å². The Morgan fingerprint density at radius 1 is 1.59 bits per heavy atom. The van der Waals surface area contributed by atoms with Crippen LogP contribution in [0, 0.1) is 5.82 Å². The van der Waals surface area contributed by atoms with Crippen LogP contribution in [-0.2, 0) is 0 Å². The molecule has 0 saturated carbocycles. The van der Waals surface area contributed by atoms with E-state index in [0.717, 1.165) is 6.07 Å². The minimum Gasteiger partial charge on any atom is -0.391 e. The van der Waals surface area contributed by atoms with Gasteiger partial charge in [-0.25, -0.2) is 9.18 Å². The van der Waals surface area contributed by atoms with Gasteiger partial charge in [0.15, 0.2) is 0 Å². The summed E-state index contributed by atoms with van der Waals surface area (Å²) >= 11 is 5.79. The summed E-state index contributed by atoms with van der Waals surface area (Å²) in [5.74, 6) is -0.454. The third-order valence-corrected chi connectivity index (χ3v) is 2.94. The highest BCUT2D eigenvalue weighted by Crippen LogP contribution is 2.23. The molecule has 4 nitrogen and oxygen atoms in total. The molecule has 92 valence electrons. The predicted molar refractivity (Wildman–Crippen MR) is 62.6 cm³/mol. The van der Waals surface area contributed by atoms with Gasteiger partial charge < -0.3 is 15.3 Å². The van der Waals surface area contributed by atoms with E-state index < -0.39 is 11.9 Å². The number of carbonyl (C=O) groups excluding carboxylic acids is 1. The van der Waals surface area contributed by atoms with Crippen molar-refractivity contribution in [3.63, 3.8) is 0 Å². The molecule has 2 amide bonds. The summed E-state index contributed by atoms with van der Waals surface area (Å²) in [5, 5.41) is 12.0. The number of nitrogens with zero attached hydrogens (tertiary/aromatic N) is 1. The number of anilines is 1. The molecule has 1 fully saturated rings. The lowest BCUT2D eigenvalue weighted by atomic mass is 10.3. The Bertz CT molecular complexity index is 441. The number of hydrogen-bond donors (Lipinski definition) is 2. The molecule has 2 rings (SSSR count). The highest BCUT2D eigenvalue weighted by molar-refractivity contribution is 6.33. The third-order valence-electron chi connectivity index (χ3n) is 2.62. The molecule has 1 aliphatic heterocycles. The van der Waals surface area contributed by atoms with E-state index in [1.54, 1.807) is 0 Å². The molecular formula is C11H12ClFN2O2. The molecule has 17 heavy (non-hydrogen) atoms. The van der Waals surface area contributed by atoms with Crippen LogP contribution in [0.25, 0.3) is 0 Å². The second-order valence-corrected chi connectivity index (χ2v) is 4.35. The molecule has 0 aliphatic carbocycles. The fraction of sp³-hybridized carbons (Fsp3) is 0.364. The molecule has 1 saturated heterocycles. The molecule has 1 heterocycles. The SMILES string of the molecule is O=C(Nc1ccc(F)cc1Cl)N1CCC(O)C1. The zero-order valence-electron chi connectivity index (χ0n) is 8.99. The molecule has 1 aliphatic rings. The number of likely N-dealkylation sites (tertiary alicyclic amines) is 1. The zero-order chi connectivity index (χ0) is 12.4. The summed E-state index contributed by atoms with van der Waals surface area (Å²) in [6.07, 6.45) is 0.106. The highest BCUT2D eigenvalue weighted by Gasteiger charge is 2.24. The summed E-state index contributed by atoms with van der Waals surface area (Å²) in [6.45, 7) is 0.816. The molecule has 1 aromatic rings. The van der Waals surface area contributed by atoms with Crippen LogP contribution in [0.1, 0.15) is 6.42 Å². The van der Waals surface area contributed by atoms with Gasteiger partial charge in [0, 0.05) is 13.1 Å². The summed E-state index contributed by atoms with van der Waals surface area (Å²) in [7, 11) is 0. The molecule has 0 spiro atoms. The molecule has 0 bridgehead atoms. The molecule has 2 N–H and O–H groups in total.